The molecule has 0 unspecified atom stereocenters. The number of carbonyl (C=O) groups excluding carboxylic acids is 1. The number of carbonyl (C=O) groups is 1. The minimum atomic E-state index is -4.44. The maximum absolute atomic E-state index is 13.1. The number of anilines is 1. The van der Waals surface area contributed by atoms with E-state index in [-0.39, 0.29) is 5.41 Å². The average molecular weight is 482 g/mol. The van der Waals surface area contributed by atoms with Gasteiger partial charge in [-0.25, -0.2) is 0 Å². The number of ether oxygens (including phenoxy) is 2. The number of hydrogen-bond acceptors (Lipinski definition) is 3. The standard InChI is InChI=1S/C28H26F3NO3/c1-27(2,3)20-8-4-18(5-9-20)23(19-6-10-21(11-7-19)28(29,30)31)17-26(33)32-22-12-13-24-25(16-22)35-15-14-34-24/h4-13,16-17H,14-15H2,1-3H3,(H,32,33). The normalized spacial score (nSPS) is 13.9. The quantitative estimate of drug-likeness (QED) is 0.415. The van der Waals surface area contributed by atoms with Crippen molar-refractivity contribution < 1.29 is 27.4 Å². The van der Waals surface area contributed by atoms with Gasteiger partial charge >= 0.3 is 6.18 Å². The zero-order valence-electron chi connectivity index (χ0n) is 19.7. The van der Waals surface area contributed by atoms with Crippen LogP contribution in [0, 0.1) is 0 Å². The third-order valence-corrected chi connectivity index (χ3v) is 5.67. The maximum Gasteiger partial charge on any atom is 0.416 e. The van der Waals surface area contributed by atoms with Gasteiger partial charge in [-0.05, 0) is 51.9 Å². The van der Waals surface area contributed by atoms with Crippen LogP contribution in [0.3, 0.4) is 0 Å². The van der Waals surface area contributed by atoms with Crippen LogP contribution in [0.25, 0.3) is 5.57 Å². The van der Waals surface area contributed by atoms with Gasteiger partial charge in [0.1, 0.15) is 13.2 Å². The number of hydrogen-bond donors (Lipinski definition) is 1. The van der Waals surface area contributed by atoms with Crippen LogP contribution < -0.4 is 14.8 Å². The highest BCUT2D eigenvalue weighted by molar-refractivity contribution is 6.06. The van der Waals surface area contributed by atoms with Crippen molar-refractivity contribution in [3.63, 3.8) is 0 Å². The molecule has 3 aromatic carbocycles. The minimum absolute atomic E-state index is 0.0631. The Hall–Kier alpha value is -3.74. The second-order valence-electron chi connectivity index (χ2n) is 9.31. The van der Waals surface area contributed by atoms with Gasteiger partial charge < -0.3 is 14.8 Å². The smallest absolute Gasteiger partial charge is 0.416 e. The fourth-order valence-electron chi connectivity index (χ4n) is 3.75. The zero-order chi connectivity index (χ0) is 25.2. The molecule has 4 rings (SSSR count). The first-order valence-corrected chi connectivity index (χ1v) is 11.2. The number of amides is 1. The molecule has 0 aromatic heterocycles. The lowest BCUT2D eigenvalue weighted by Gasteiger charge is -2.20. The van der Waals surface area contributed by atoms with Gasteiger partial charge in [-0.3, -0.25) is 4.79 Å². The van der Waals surface area contributed by atoms with Crippen molar-refractivity contribution in [2.75, 3.05) is 18.5 Å². The molecule has 1 amide bonds. The Bertz CT molecular complexity index is 1180. The highest BCUT2D eigenvalue weighted by Crippen LogP contribution is 2.34. The van der Waals surface area contributed by atoms with Crippen LogP contribution in [0.4, 0.5) is 18.9 Å². The third kappa shape index (κ3) is 5.85. The second kappa shape index (κ2) is 9.49. The molecule has 4 nitrogen and oxygen atoms in total. The van der Waals surface area contributed by atoms with Crippen LogP contribution >= 0.6 is 0 Å². The second-order valence-corrected chi connectivity index (χ2v) is 9.31. The summed E-state index contributed by atoms with van der Waals surface area (Å²) in [6, 6.07) is 17.6. The topological polar surface area (TPSA) is 47.6 Å². The first-order chi connectivity index (χ1) is 16.5. The van der Waals surface area contributed by atoms with Crippen LogP contribution in [0.2, 0.25) is 0 Å². The van der Waals surface area contributed by atoms with Crippen LogP contribution in [-0.4, -0.2) is 19.1 Å². The van der Waals surface area contributed by atoms with E-state index in [1.165, 1.54) is 18.2 Å². The van der Waals surface area contributed by atoms with E-state index in [1.807, 2.05) is 24.3 Å². The highest BCUT2D eigenvalue weighted by Gasteiger charge is 2.30. The number of halogens is 3. The summed E-state index contributed by atoms with van der Waals surface area (Å²) < 4.78 is 50.3. The molecule has 0 saturated carbocycles. The summed E-state index contributed by atoms with van der Waals surface area (Å²) >= 11 is 0. The van der Waals surface area contributed by atoms with Crippen molar-refractivity contribution in [1.82, 2.24) is 0 Å². The number of fused-ring (bicyclic) bond motifs is 1. The monoisotopic (exact) mass is 481 g/mol. The summed E-state index contributed by atoms with van der Waals surface area (Å²) in [5.41, 5.74) is 2.54. The Kier molecular flexibility index (Phi) is 6.61. The molecule has 0 fully saturated rings. The van der Waals surface area contributed by atoms with Crippen LogP contribution in [0.1, 0.15) is 43.0 Å². The Morgan fingerprint density at radius 3 is 1.89 bits per heavy atom. The summed E-state index contributed by atoms with van der Waals surface area (Å²) in [6.45, 7) is 7.17. The van der Waals surface area contributed by atoms with Crippen molar-refractivity contribution in [2.45, 2.75) is 32.4 Å². The lowest BCUT2D eigenvalue weighted by molar-refractivity contribution is -0.137. The first-order valence-electron chi connectivity index (χ1n) is 11.2. The molecular formula is C28H26F3NO3. The van der Waals surface area contributed by atoms with Crippen LogP contribution in [0.15, 0.2) is 72.8 Å². The SMILES string of the molecule is CC(C)(C)c1ccc(C(=CC(=O)Nc2ccc3c(c2)OCCO3)c2ccc(C(F)(F)F)cc2)cc1. The molecule has 1 N–H and O–H groups in total. The van der Waals surface area contributed by atoms with Gasteiger partial charge in [0.15, 0.2) is 11.5 Å². The number of nitrogens with one attached hydrogen (secondary N) is 1. The van der Waals surface area contributed by atoms with E-state index in [0.717, 1.165) is 23.3 Å². The summed E-state index contributed by atoms with van der Waals surface area (Å²) in [6.07, 6.45) is -3.04. The molecule has 1 aliphatic heterocycles. The van der Waals surface area contributed by atoms with Crippen molar-refractivity contribution in [3.8, 4) is 11.5 Å². The summed E-state index contributed by atoms with van der Waals surface area (Å²) in [5.74, 6) is 0.726. The number of benzene rings is 3. The lowest BCUT2D eigenvalue weighted by Crippen LogP contribution is -2.16. The minimum Gasteiger partial charge on any atom is -0.486 e. The Labute approximate surface area is 202 Å². The Morgan fingerprint density at radius 2 is 1.34 bits per heavy atom. The molecule has 1 heterocycles. The van der Waals surface area contributed by atoms with Gasteiger partial charge in [0.05, 0.1) is 5.56 Å². The molecule has 35 heavy (non-hydrogen) atoms. The molecule has 0 spiro atoms. The zero-order valence-corrected chi connectivity index (χ0v) is 19.7. The van der Waals surface area contributed by atoms with E-state index >= 15 is 0 Å². The van der Waals surface area contributed by atoms with E-state index < -0.39 is 17.6 Å². The highest BCUT2D eigenvalue weighted by atomic mass is 19.4. The van der Waals surface area contributed by atoms with E-state index in [9.17, 15) is 18.0 Å². The first kappa shape index (κ1) is 24.4. The van der Waals surface area contributed by atoms with Gasteiger partial charge in [-0.2, -0.15) is 13.2 Å². The van der Waals surface area contributed by atoms with Gasteiger partial charge in [0, 0.05) is 17.8 Å². The molecule has 0 bridgehead atoms. The van der Waals surface area contributed by atoms with Gasteiger partial charge in [-0.1, -0.05) is 57.2 Å². The molecule has 1 aliphatic rings. The molecule has 0 atom stereocenters. The third-order valence-electron chi connectivity index (χ3n) is 5.67. The molecule has 0 aliphatic carbocycles. The predicted octanol–water partition coefficient (Wildman–Crippen LogP) is 6.84. The predicted molar refractivity (Wildman–Crippen MR) is 130 cm³/mol. The molecular weight excluding hydrogens is 455 g/mol. The Morgan fingerprint density at radius 1 is 0.800 bits per heavy atom. The van der Waals surface area contributed by atoms with Crippen molar-refractivity contribution >= 4 is 17.2 Å². The van der Waals surface area contributed by atoms with E-state index in [4.69, 9.17) is 9.47 Å². The Balaban J connectivity index is 1.67. The largest absolute Gasteiger partial charge is 0.486 e. The number of rotatable bonds is 4. The van der Waals surface area contributed by atoms with Gasteiger partial charge in [-0.15, -0.1) is 0 Å². The van der Waals surface area contributed by atoms with Crippen molar-refractivity contribution in [1.29, 1.82) is 0 Å². The fraction of sp³-hybridized carbons (Fsp3) is 0.250. The summed E-state index contributed by atoms with van der Waals surface area (Å²) in [7, 11) is 0. The van der Waals surface area contributed by atoms with Crippen molar-refractivity contribution in [3.05, 3.63) is 95.1 Å². The number of alkyl halides is 3. The summed E-state index contributed by atoms with van der Waals surface area (Å²) in [5, 5.41) is 2.80. The van der Waals surface area contributed by atoms with E-state index in [0.29, 0.717) is 41.5 Å². The fourth-order valence-corrected chi connectivity index (χ4v) is 3.75. The maximum atomic E-state index is 13.1. The molecule has 0 saturated heterocycles. The van der Waals surface area contributed by atoms with Crippen molar-refractivity contribution in [2.24, 2.45) is 0 Å². The van der Waals surface area contributed by atoms with Crippen LogP contribution in [-0.2, 0) is 16.4 Å². The van der Waals surface area contributed by atoms with E-state index in [1.54, 1.807) is 18.2 Å². The van der Waals surface area contributed by atoms with Gasteiger partial charge in [0.25, 0.3) is 0 Å². The molecule has 182 valence electrons. The molecule has 0 radical (unpaired) electrons. The summed E-state index contributed by atoms with van der Waals surface area (Å²) in [4.78, 5) is 13.0. The van der Waals surface area contributed by atoms with Gasteiger partial charge in [0.2, 0.25) is 5.91 Å². The molecule has 3 aromatic rings. The van der Waals surface area contributed by atoms with Crippen LogP contribution in [0.5, 0.6) is 11.5 Å². The lowest BCUT2D eigenvalue weighted by atomic mass is 9.85. The average Bonchev–Trinajstić information content (AvgIpc) is 2.81. The van der Waals surface area contributed by atoms with E-state index in [2.05, 4.69) is 26.1 Å². The molecule has 7 heteroatoms.